The van der Waals surface area contributed by atoms with Crippen LogP contribution in [0, 0.1) is 0 Å². The van der Waals surface area contributed by atoms with Crippen molar-refractivity contribution in [2.75, 3.05) is 26.4 Å². The van der Waals surface area contributed by atoms with Crippen molar-refractivity contribution in [1.29, 1.82) is 0 Å². The van der Waals surface area contributed by atoms with Crippen LogP contribution >= 0.6 is 0 Å². The Morgan fingerprint density at radius 1 is 1.00 bits per heavy atom. The van der Waals surface area contributed by atoms with Crippen LogP contribution in [0.15, 0.2) is 0 Å². The van der Waals surface area contributed by atoms with Gasteiger partial charge in [0, 0.05) is 13.0 Å². The van der Waals surface area contributed by atoms with E-state index in [2.05, 4.69) is 17.0 Å². The molecule has 0 bridgehead atoms. The highest BCUT2D eigenvalue weighted by atomic mass is 16.6. The van der Waals surface area contributed by atoms with Crippen molar-refractivity contribution in [2.24, 2.45) is 0 Å². The number of amides is 1. The van der Waals surface area contributed by atoms with Crippen molar-refractivity contribution in [3.05, 3.63) is 0 Å². The maximum Gasteiger partial charge on any atom is 0.220 e. The molecular weight excluding hydrogens is 254 g/mol. The lowest BCUT2D eigenvalue weighted by molar-refractivity contribution is -0.121. The van der Waals surface area contributed by atoms with Gasteiger partial charge in [-0.1, -0.05) is 58.3 Å². The van der Waals surface area contributed by atoms with Crippen molar-refractivity contribution in [3.8, 4) is 0 Å². The number of rotatable bonds is 12. The second kappa shape index (κ2) is 16.4. The van der Waals surface area contributed by atoms with E-state index in [1.807, 2.05) is 0 Å². The van der Waals surface area contributed by atoms with Gasteiger partial charge in [0.25, 0.3) is 0 Å². The Balaban J connectivity index is 0.00000105. The molecule has 0 atom stereocenters. The van der Waals surface area contributed by atoms with E-state index in [0.717, 1.165) is 26.1 Å². The Kier molecular flexibility index (Phi) is 15.9. The average Bonchev–Trinajstić information content (AvgIpc) is 3.31. The van der Waals surface area contributed by atoms with Gasteiger partial charge in [0.05, 0.1) is 19.8 Å². The van der Waals surface area contributed by atoms with Crippen molar-refractivity contribution in [1.82, 2.24) is 5.32 Å². The van der Waals surface area contributed by atoms with Crippen LogP contribution in [0.5, 0.6) is 0 Å². The molecule has 2 N–H and O–H groups in total. The molecule has 20 heavy (non-hydrogen) atoms. The van der Waals surface area contributed by atoms with Gasteiger partial charge in [-0.15, -0.1) is 0 Å². The van der Waals surface area contributed by atoms with Gasteiger partial charge in [0.2, 0.25) is 5.91 Å². The number of unbranched alkanes of at least 4 members (excludes halogenated alkanes) is 8. The van der Waals surface area contributed by atoms with Crippen molar-refractivity contribution < 1.29 is 14.6 Å². The molecule has 1 saturated heterocycles. The molecule has 0 aromatic heterocycles. The first-order chi connectivity index (χ1) is 9.81. The molecule has 0 radical (unpaired) electrons. The van der Waals surface area contributed by atoms with Crippen LogP contribution in [-0.2, 0) is 9.53 Å². The number of aliphatic hydroxyl groups excluding tert-OH is 1. The van der Waals surface area contributed by atoms with Crippen molar-refractivity contribution in [3.63, 3.8) is 0 Å². The van der Waals surface area contributed by atoms with Gasteiger partial charge >= 0.3 is 0 Å². The molecule has 0 spiro atoms. The molecule has 1 fully saturated rings. The average molecular weight is 287 g/mol. The number of hydrogen-bond donors (Lipinski definition) is 2. The zero-order valence-electron chi connectivity index (χ0n) is 13.2. The maximum absolute atomic E-state index is 11.2. The fourth-order valence-corrected chi connectivity index (χ4v) is 1.88. The summed E-state index contributed by atoms with van der Waals surface area (Å²) in [6, 6.07) is 0. The highest BCUT2D eigenvalue weighted by Crippen LogP contribution is 2.10. The molecule has 0 aliphatic carbocycles. The van der Waals surface area contributed by atoms with Crippen LogP contribution in [0.2, 0.25) is 0 Å². The second-order valence-electron chi connectivity index (χ2n) is 5.26. The van der Waals surface area contributed by atoms with E-state index in [1.54, 1.807) is 0 Å². The molecule has 4 nitrogen and oxygen atoms in total. The topological polar surface area (TPSA) is 61.9 Å². The summed E-state index contributed by atoms with van der Waals surface area (Å²) in [7, 11) is 0. The molecule has 0 unspecified atom stereocenters. The molecule has 1 heterocycles. The summed E-state index contributed by atoms with van der Waals surface area (Å²) < 4.78 is 4.50. The molecular formula is C16H33NO3. The van der Waals surface area contributed by atoms with Crippen LogP contribution < -0.4 is 5.32 Å². The van der Waals surface area contributed by atoms with Gasteiger partial charge in [0.1, 0.15) is 0 Å². The molecule has 1 aliphatic rings. The molecule has 0 aromatic carbocycles. The van der Waals surface area contributed by atoms with Crippen molar-refractivity contribution in [2.45, 2.75) is 71.1 Å². The zero-order valence-corrected chi connectivity index (χ0v) is 13.2. The first-order valence-electron chi connectivity index (χ1n) is 8.26. The second-order valence-corrected chi connectivity index (χ2v) is 5.26. The number of carbonyl (C=O) groups excluding carboxylic acids is 1. The number of hydrogen-bond acceptors (Lipinski definition) is 3. The Morgan fingerprint density at radius 2 is 1.50 bits per heavy atom. The largest absolute Gasteiger partial charge is 0.395 e. The predicted octanol–water partition coefficient (Wildman–Crippen LogP) is 3.03. The van der Waals surface area contributed by atoms with Crippen LogP contribution in [0.25, 0.3) is 0 Å². The lowest BCUT2D eigenvalue weighted by atomic mass is 10.1. The van der Waals surface area contributed by atoms with Gasteiger partial charge in [-0.25, -0.2) is 0 Å². The lowest BCUT2D eigenvalue weighted by Gasteiger charge is -2.03. The number of carbonyl (C=O) groups is 1. The Morgan fingerprint density at radius 3 is 1.95 bits per heavy atom. The summed E-state index contributed by atoms with van der Waals surface area (Å²) in [5, 5.41) is 11.2. The van der Waals surface area contributed by atoms with Gasteiger partial charge in [-0.05, 0) is 6.42 Å². The van der Waals surface area contributed by atoms with Crippen LogP contribution in [-0.4, -0.2) is 37.4 Å². The SMILES string of the molecule is C1CO1.CCCCCCCCCCCC(=O)NCCO. The Labute approximate surface area is 124 Å². The third-order valence-corrected chi connectivity index (χ3v) is 3.15. The standard InChI is InChI=1S/C14H29NO2.C2H4O/c1-2-3-4-5-6-7-8-9-10-11-14(17)15-12-13-16;1-2-3-1/h16H,2-13H2,1H3,(H,15,17);1-2H2. The third-order valence-electron chi connectivity index (χ3n) is 3.15. The van der Waals surface area contributed by atoms with E-state index in [9.17, 15) is 4.79 Å². The quantitative estimate of drug-likeness (QED) is 0.428. The molecule has 0 saturated carbocycles. The Hall–Kier alpha value is -0.610. The molecule has 1 amide bonds. The number of nitrogens with one attached hydrogen (secondary N) is 1. The molecule has 4 heteroatoms. The lowest BCUT2D eigenvalue weighted by Crippen LogP contribution is -2.25. The summed E-state index contributed by atoms with van der Waals surface area (Å²) in [5.41, 5.74) is 0. The molecule has 1 aliphatic heterocycles. The molecule has 0 aromatic rings. The monoisotopic (exact) mass is 287 g/mol. The third kappa shape index (κ3) is 19.7. The fourth-order valence-electron chi connectivity index (χ4n) is 1.88. The van der Waals surface area contributed by atoms with E-state index < -0.39 is 0 Å². The van der Waals surface area contributed by atoms with Crippen LogP contribution in [0.3, 0.4) is 0 Å². The highest BCUT2D eigenvalue weighted by molar-refractivity contribution is 5.75. The van der Waals surface area contributed by atoms with Gasteiger partial charge in [-0.3, -0.25) is 4.79 Å². The van der Waals surface area contributed by atoms with Gasteiger partial charge in [-0.2, -0.15) is 0 Å². The minimum Gasteiger partial charge on any atom is -0.395 e. The Bertz CT molecular complexity index is 205. The predicted molar refractivity (Wildman–Crippen MR) is 82.8 cm³/mol. The summed E-state index contributed by atoms with van der Waals surface area (Å²) in [4.78, 5) is 11.2. The highest BCUT2D eigenvalue weighted by Gasteiger charge is 1.99. The van der Waals surface area contributed by atoms with E-state index in [-0.39, 0.29) is 12.5 Å². The molecule has 1 rings (SSSR count). The van der Waals surface area contributed by atoms with Crippen LogP contribution in [0.1, 0.15) is 71.1 Å². The first-order valence-corrected chi connectivity index (χ1v) is 8.26. The minimum atomic E-state index is 0.0312. The normalized spacial score (nSPS) is 12.5. The minimum absolute atomic E-state index is 0.0312. The van der Waals surface area contributed by atoms with Gasteiger partial charge < -0.3 is 15.2 Å². The summed E-state index contributed by atoms with van der Waals surface area (Å²) >= 11 is 0. The number of aliphatic hydroxyl groups is 1. The maximum atomic E-state index is 11.2. The number of epoxide rings is 1. The summed E-state index contributed by atoms with van der Waals surface area (Å²) in [6.07, 6.45) is 12.1. The zero-order chi connectivity index (χ0) is 14.9. The molecule has 120 valence electrons. The van der Waals surface area contributed by atoms with Gasteiger partial charge in [0.15, 0.2) is 0 Å². The van der Waals surface area contributed by atoms with E-state index in [0.29, 0.717) is 13.0 Å². The first kappa shape index (κ1) is 19.4. The summed E-state index contributed by atoms with van der Waals surface area (Å²) in [6.45, 7) is 4.65. The number of ether oxygens (including phenoxy) is 1. The van der Waals surface area contributed by atoms with E-state index in [4.69, 9.17) is 5.11 Å². The van der Waals surface area contributed by atoms with Crippen molar-refractivity contribution >= 4 is 5.91 Å². The van der Waals surface area contributed by atoms with E-state index >= 15 is 0 Å². The summed E-state index contributed by atoms with van der Waals surface area (Å²) in [5.74, 6) is 0.0713. The fraction of sp³-hybridized carbons (Fsp3) is 0.938. The van der Waals surface area contributed by atoms with Crippen LogP contribution in [0.4, 0.5) is 0 Å². The van der Waals surface area contributed by atoms with E-state index in [1.165, 1.54) is 44.9 Å². The smallest absolute Gasteiger partial charge is 0.220 e.